The van der Waals surface area contributed by atoms with E-state index in [4.69, 9.17) is 13.7 Å². The average Bonchev–Trinajstić information content (AvgIpc) is 2.97. The van der Waals surface area contributed by atoms with E-state index in [9.17, 15) is 9.00 Å². The molecule has 2 aromatic carbocycles. The van der Waals surface area contributed by atoms with Crippen LogP contribution in [0.4, 0.5) is 11.4 Å². The van der Waals surface area contributed by atoms with Gasteiger partial charge in [0.2, 0.25) is 0 Å². The molecule has 1 unspecified atom stereocenters. The highest BCUT2D eigenvalue weighted by Gasteiger charge is 2.17. The molecule has 41 heavy (non-hydrogen) atoms. The summed E-state index contributed by atoms with van der Waals surface area (Å²) in [5.74, 6) is 0.439. The van der Waals surface area contributed by atoms with E-state index in [0.717, 1.165) is 30.6 Å². The molecule has 0 radical (unpaired) electrons. The van der Waals surface area contributed by atoms with Crippen LogP contribution in [0.5, 0.6) is 11.5 Å². The van der Waals surface area contributed by atoms with Gasteiger partial charge in [-0.1, -0.05) is 64.7 Å². The molecular formula is C32H51N3O5S. The van der Waals surface area contributed by atoms with Crippen molar-refractivity contribution in [2.75, 3.05) is 50.1 Å². The Morgan fingerprint density at radius 2 is 1.59 bits per heavy atom. The summed E-state index contributed by atoms with van der Waals surface area (Å²) in [6.45, 7) is 8.47. The van der Waals surface area contributed by atoms with Crippen molar-refractivity contribution in [1.82, 2.24) is 5.32 Å². The van der Waals surface area contributed by atoms with E-state index in [2.05, 4.69) is 28.8 Å². The zero-order valence-corrected chi connectivity index (χ0v) is 26.6. The van der Waals surface area contributed by atoms with Crippen molar-refractivity contribution in [1.29, 1.82) is 0 Å². The number of ether oxygens (including phenoxy) is 2. The van der Waals surface area contributed by atoms with Crippen molar-refractivity contribution in [3.05, 3.63) is 47.5 Å². The van der Waals surface area contributed by atoms with Crippen molar-refractivity contribution in [3.8, 4) is 11.5 Å². The number of carbonyl (C=O) groups is 1. The molecular weight excluding hydrogens is 538 g/mol. The molecule has 0 saturated heterocycles. The molecule has 0 heterocycles. The third kappa shape index (κ3) is 13.2. The lowest BCUT2D eigenvalue weighted by Crippen LogP contribution is -2.27. The number of nitrogens with zero attached hydrogens (tertiary/aromatic N) is 1. The minimum Gasteiger partial charge on any atom is -0.494 e. The second-order valence-corrected chi connectivity index (χ2v) is 11.2. The van der Waals surface area contributed by atoms with Crippen LogP contribution in [0.25, 0.3) is 0 Å². The van der Waals surface area contributed by atoms with E-state index in [-0.39, 0.29) is 17.2 Å². The molecule has 1 amide bonds. The molecule has 1 atom stereocenters. The SMILES string of the molecule is CCCCCCCCCCCCOc1ccc(OS(=O)Nc2ccc(N(C)CC)cc2C)c(C(=O)NCCOC)c1. The van der Waals surface area contributed by atoms with Crippen LogP contribution in [0.3, 0.4) is 0 Å². The fraction of sp³-hybridized carbons (Fsp3) is 0.594. The Balaban J connectivity index is 1.94. The first-order chi connectivity index (χ1) is 19.9. The second-order valence-electron chi connectivity index (χ2n) is 10.4. The van der Waals surface area contributed by atoms with Crippen LogP contribution in [-0.4, -0.2) is 50.6 Å². The molecule has 0 saturated carbocycles. The van der Waals surface area contributed by atoms with Gasteiger partial charge in [-0.25, -0.2) is 0 Å². The number of carbonyl (C=O) groups excluding carboxylic acids is 1. The van der Waals surface area contributed by atoms with E-state index >= 15 is 0 Å². The fourth-order valence-corrected chi connectivity index (χ4v) is 5.12. The van der Waals surface area contributed by atoms with E-state index < -0.39 is 11.3 Å². The number of unbranched alkanes of at least 4 members (excludes halogenated alkanes) is 9. The highest BCUT2D eigenvalue weighted by Crippen LogP contribution is 2.27. The number of hydrogen-bond acceptors (Lipinski definition) is 6. The molecule has 0 aromatic heterocycles. The van der Waals surface area contributed by atoms with Crippen LogP contribution in [0.1, 0.15) is 94.0 Å². The van der Waals surface area contributed by atoms with E-state index in [1.54, 1.807) is 25.3 Å². The number of amides is 1. The molecule has 0 bridgehead atoms. The summed E-state index contributed by atoms with van der Waals surface area (Å²) < 4.78 is 32.5. The molecule has 230 valence electrons. The topological polar surface area (TPSA) is 89.1 Å². The molecule has 0 aliphatic rings. The van der Waals surface area contributed by atoms with Gasteiger partial charge in [0.15, 0.2) is 5.75 Å². The lowest BCUT2D eigenvalue weighted by molar-refractivity contribution is 0.0935. The fourth-order valence-electron chi connectivity index (χ4n) is 4.36. The maximum absolute atomic E-state index is 12.9. The Hall–Kier alpha value is -2.78. The van der Waals surface area contributed by atoms with Gasteiger partial charge in [-0.15, -0.1) is 0 Å². The highest BCUT2D eigenvalue weighted by atomic mass is 32.2. The Labute approximate surface area is 250 Å². The molecule has 0 aliphatic carbocycles. The van der Waals surface area contributed by atoms with Crippen LogP contribution in [0.2, 0.25) is 0 Å². The van der Waals surface area contributed by atoms with Crippen molar-refractivity contribution < 1.29 is 22.7 Å². The van der Waals surface area contributed by atoms with Crippen LogP contribution < -0.4 is 23.9 Å². The predicted molar refractivity (Wildman–Crippen MR) is 171 cm³/mol. The first-order valence-electron chi connectivity index (χ1n) is 15.1. The van der Waals surface area contributed by atoms with Gasteiger partial charge in [0.25, 0.3) is 5.91 Å². The maximum atomic E-state index is 12.9. The molecule has 0 aliphatic heterocycles. The number of nitrogens with one attached hydrogen (secondary N) is 2. The van der Waals surface area contributed by atoms with E-state index in [1.165, 1.54) is 51.4 Å². The normalized spacial score (nSPS) is 11.6. The van der Waals surface area contributed by atoms with Crippen molar-refractivity contribution in [2.45, 2.75) is 85.0 Å². The third-order valence-electron chi connectivity index (χ3n) is 7.04. The number of anilines is 2. The van der Waals surface area contributed by atoms with Gasteiger partial charge in [0, 0.05) is 32.9 Å². The lowest BCUT2D eigenvalue weighted by Gasteiger charge is -2.19. The molecule has 0 fully saturated rings. The van der Waals surface area contributed by atoms with Gasteiger partial charge >= 0.3 is 11.3 Å². The van der Waals surface area contributed by atoms with Gasteiger partial charge in [-0.05, 0) is 62.2 Å². The number of methoxy groups -OCH3 is 1. The van der Waals surface area contributed by atoms with Crippen molar-refractivity contribution in [2.24, 2.45) is 0 Å². The molecule has 2 N–H and O–H groups in total. The Morgan fingerprint density at radius 3 is 2.22 bits per heavy atom. The molecule has 9 heteroatoms. The van der Waals surface area contributed by atoms with Gasteiger partial charge in [-0.3, -0.25) is 9.52 Å². The van der Waals surface area contributed by atoms with Crippen LogP contribution in [0.15, 0.2) is 36.4 Å². The summed E-state index contributed by atoms with van der Waals surface area (Å²) in [4.78, 5) is 15.1. The van der Waals surface area contributed by atoms with Crippen LogP contribution in [-0.2, 0) is 16.0 Å². The largest absolute Gasteiger partial charge is 0.494 e. The minimum absolute atomic E-state index is 0.206. The Kier molecular flexibility index (Phi) is 16.9. The first-order valence-corrected chi connectivity index (χ1v) is 16.2. The summed E-state index contributed by atoms with van der Waals surface area (Å²) in [6, 6.07) is 10.9. The maximum Gasteiger partial charge on any atom is 0.316 e. The summed E-state index contributed by atoms with van der Waals surface area (Å²) in [5.41, 5.74) is 2.96. The van der Waals surface area contributed by atoms with E-state index in [0.29, 0.717) is 31.2 Å². The van der Waals surface area contributed by atoms with Crippen molar-refractivity contribution in [3.63, 3.8) is 0 Å². The molecule has 2 aromatic rings. The quantitative estimate of drug-likeness (QED) is 0.141. The van der Waals surface area contributed by atoms with Gasteiger partial charge < -0.3 is 23.9 Å². The van der Waals surface area contributed by atoms with Crippen LogP contribution >= 0.6 is 0 Å². The van der Waals surface area contributed by atoms with E-state index in [1.807, 2.05) is 32.2 Å². The number of hydrogen-bond donors (Lipinski definition) is 2. The number of benzene rings is 2. The Bertz CT molecular complexity index is 1070. The third-order valence-corrected chi connectivity index (χ3v) is 7.76. The molecule has 8 nitrogen and oxygen atoms in total. The summed E-state index contributed by atoms with van der Waals surface area (Å²) >= 11 is -1.92. The van der Waals surface area contributed by atoms with Gasteiger partial charge in [-0.2, -0.15) is 4.21 Å². The predicted octanol–water partition coefficient (Wildman–Crippen LogP) is 7.20. The highest BCUT2D eigenvalue weighted by molar-refractivity contribution is 7.82. The number of rotatable bonds is 22. The molecule has 2 rings (SSSR count). The standard InChI is InChI=1S/C32H51N3O5S/c1-6-8-9-10-11-12-13-14-15-16-22-39-28-18-20-31(29(25-28)32(36)33-21-23-38-5)40-41(37)34-30-19-17-27(24-26(30)3)35(4)7-2/h17-20,24-25,34H,6-16,21-23H2,1-5H3,(H,33,36). The zero-order chi connectivity index (χ0) is 29.9. The Morgan fingerprint density at radius 1 is 0.902 bits per heavy atom. The van der Waals surface area contributed by atoms with Crippen LogP contribution in [0, 0.1) is 6.92 Å². The van der Waals surface area contributed by atoms with Gasteiger partial charge in [0.1, 0.15) is 5.75 Å². The summed E-state index contributed by atoms with van der Waals surface area (Å²) in [6.07, 6.45) is 12.6. The monoisotopic (exact) mass is 589 g/mol. The van der Waals surface area contributed by atoms with Crippen molar-refractivity contribution >= 4 is 28.5 Å². The average molecular weight is 590 g/mol. The summed E-state index contributed by atoms with van der Waals surface area (Å²) in [7, 11) is 3.60. The summed E-state index contributed by atoms with van der Waals surface area (Å²) in [5, 5.41) is 2.81. The number of aryl methyl sites for hydroxylation is 1. The first kappa shape index (κ1) is 34.4. The molecule has 0 spiro atoms. The zero-order valence-electron chi connectivity index (χ0n) is 25.8. The minimum atomic E-state index is -1.92. The lowest BCUT2D eigenvalue weighted by atomic mass is 10.1. The second kappa shape index (κ2) is 20.2. The van der Waals surface area contributed by atoms with Gasteiger partial charge in [0.05, 0.1) is 24.5 Å². The smallest absolute Gasteiger partial charge is 0.316 e.